The van der Waals surface area contributed by atoms with Crippen molar-refractivity contribution in [2.24, 2.45) is 0 Å². The van der Waals surface area contributed by atoms with Crippen molar-refractivity contribution >= 4 is 0 Å². The number of benzene rings is 2. The number of aryl methyl sites for hydroxylation is 1. The zero-order valence-corrected chi connectivity index (χ0v) is 18.5. The first-order chi connectivity index (χ1) is 12.0. The molecule has 0 N–H and O–H groups in total. The third-order valence-corrected chi connectivity index (χ3v) is 6.35. The van der Waals surface area contributed by atoms with Gasteiger partial charge in [0.15, 0.2) is 0 Å². The molecule has 0 spiro atoms. The topological polar surface area (TPSA) is 0 Å². The molecular formula is C26H38. The van der Waals surface area contributed by atoms with Gasteiger partial charge < -0.3 is 0 Å². The minimum absolute atomic E-state index is 0.0282. The van der Waals surface area contributed by atoms with E-state index in [1.54, 1.807) is 11.1 Å². The van der Waals surface area contributed by atoms with Gasteiger partial charge in [0.05, 0.1) is 0 Å². The Kier molecular flexibility index (Phi) is 5.76. The molecule has 0 heterocycles. The standard InChI is InChI=1S/C24H32.C2H6/c1-17-8-10-18(11-9-17)24(6,7)19-12-13-20-21(16-19)23(4,5)15-14-22(20,2)3;1-2/h8-13,16H,14-15H2,1-7H3;1-2H3. The van der Waals surface area contributed by atoms with Gasteiger partial charge in [-0.15, -0.1) is 0 Å². The fraction of sp³-hybridized carbons (Fsp3) is 0.538. The van der Waals surface area contributed by atoms with Crippen LogP contribution in [0.2, 0.25) is 0 Å². The minimum atomic E-state index is 0.0282. The van der Waals surface area contributed by atoms with Crippen LogP contribution in [0.4, 0.5) is 0 Å². The van der Waals surface area contributed by atoms with E-state index in [0.717, 1.165) is 0 Å². The molecule has 2 aromatic rings. The van der Waals surface area contributed by atoms with Crippen LogP contribution in [0.25, 0.3) is 0 Å². The van der Waals surface area contributed by atoms with Gasteiger partial charge in [-0.1, -0.05) is 103 Å². The smallest absolute Gasteiger partial charge is 0.0146 e. The Morgan fingerprint density at radius 1 is 0.692 bits per heavy atom. The maximum absolute atomic E-state index is 2.50. The Balaban J connectivity index is 0.00000117. The van der Waals surface area contributed by atoms with Crippen LogP contribution >= 0.6 is 0 Å². The first kappa shape index (κ1) is 20.7. The first-order valence-corrected chi connectivity index (χ1v) is 10.3. The molecule has 2 aromatic carbocycles. The lowest BCUT2D eigenvalue weighted by molar-refractivity contribution is 0.331. The minimum Gasteiger partial charge on any atom is -0.0683 e. The highest BCUT2D eigenvalue weighted by Gasteiger charge is 2.38. The zero-order chi connectivity index (χ0) is 19.8. The van der Waals surface area contributed by atoms with E-state index in [1.807, 2.05) is 13.8 Å². The fourth-order valence-corrected chi connectivity index (χ4v) is 4.11. The maximum Gasteiger partial charge on any atom is 0.0146 e. The zero-order valence-electron chi connectivity index (χ0n) is 18.5. The molecule has 0 saturated carbocycles. The normalized spacial score (nSPS) is 17.7. The third kappa shape index (κ3) is 3.75. The Labute approximate surface area is 162 Å². The highest BCUT2D eigenvalue weighted by molar-refractivity contribution is 5.48. The van der Waals surface area contributed by atoms with Crippen LogP contribution in [0, 0.1) is 6.92 Å². The van der Waals surface area contributed by atoms with Gasteiger partial charge in [-0.05, 0) is 52.8 Å². The molecule has 0 unspecified atom stereocenters. The quantitative estimate of drug-likeness (QED) is 0.520. The average molecular weight is 351 g/mol. The lowest BCUT2D eigenvalue weighted by Crippen LogP contribution is -2.34. The predicted molar refractivity (Wildman–Crippen MR) is 116 cm³/mol. The summed E-state index contributed by atoms with van der Waals surface area (Å²) in [6.45, 7) is 20.5. The molecule has 0 fully saturated rings. The van der Waals surface area contributed by atoms with Gasteiger partial charge in [0.2, 0.25) is 0 Å². The molecule has 142 valence electrons. The summed E-state index contributed by atoms with van der Waals surface area (Å²) in [5, 5.41) is 0. The van der Waals surface area contributed by atoms with E-state index in [4.69, 9.17) is 0 Å². The molecule has 0 aromatic heterocycles. The molecule has 0 atom stereocenters. The number of hydrogen-bond donors (Lipinski definition) is 0. The van der Waals surface area contributed by atoms with Gasteiger partial charge in [-0.2, -0.15) is 0 Å². The molecule has 0 nitrogen and oxygen atoms in total. The van der Waals surface area contributed by atoms with Crippen LogP contribution in [0.5, 0.6) is 0 Å². The van der Waals surface area contributed by atoms with Crippen molar-refractivity contribution in [2.75, 3.05) is 0 Å². The van der Waals surface area contributed by atoms with E-state index in [0.29, 0.717) is 0 Å². The van der Waals surface area contributed by atoms with Crippen molar-refractivity contribution < 1.29 is 0 Å². The fourth-order valence-electron chi connectivity index (χ4n) is 4.11. The van der Waals surface area contributed by atoms with Crippen LogP contribution in [0.3, 0.4) is 0 Å². The van der Waals surface area contributed by atoms with E-state index in [9.17, 15) is 0 Å². The number of rotatable bonds is 2. The van der Waals surface area contributed by atoms with Crippen LogP contribution in [0.15, 0.2) is 42.5 Å². The van der Waals surface area contributed by atoms with E-state index in [-0.39, 0.29) is 16.2 Å². The van der Waals surface area contributed by atoms with E-state index < -0.39 is 0 Å². The van der Waals surface area contributed by atoms with Gasteiger partial charge in [0.25, 0.3) is 0 Å². The molecular weight excluding hydrogens is 312 g/mol. The Hall–Kier alpha value is -1.56. The molecule has 0 bridgehead atoms. The van der Waals surface area contributed by atoms with Crippen molar-refractivity contribution in [1.29, 1.82) is 0 Å². The van der Waals surface area contributed by atoms with Crippen LogP contribution in [-0.4, -0.2) is 0 Å². The lowest BCUT2D eigenvalue weighted by atomic mass is 9.62. The SMILES string of the molecule is CC.Cc1ccc(C(C)(C)c2ccc3c(c2)C(C)(C)CCC3(C)C)cc1. The predicted octanol–water partition coefficient (Wildman–Crippen LogP) is 7.70. The van der Waals surface area contributed by atoms with Crippen LogP contribution < -0.4 is 0 Å². The Morgan fingerprint density at radius 2 is 1.15 bits per heavy atom. The molecule has 1 aliphatic rings. The van der Waals surface area contributed by atoms with Gasteiger partial charge in [0.1, 0.15) is 0 Å². The second-order valence-corrected chi connectivity index (χ2v) is 9.52. The highest BCUT2D eigenvalue weighted by atomic mass is 14.4. The molecule has 0 saturated heterocycles. The van der Waals surface area contributed by atoms with Gasteiger partial charge in [-0.3, -0.25) is 0 Å². The molecule has 0 aliphatic heterocycles. The largest absolute Gasteiger partial charge is 0.0683 e. The van der Waals surface area contributed by atoms with Crippen molar-refractivity contribution in [3.05, 3.63) is 70.3 Å². The molecule has 26 heavy (non-hydrogen) atoms. The Bertz CT molecular complexity index is 742. The van der Waals surface area contributed by atoms with Gasteiger partial charge >= 0.3 is 0 Å². The Morgan fingerprint density at radius 3 is 1.69 bits per heavy atom. The summed E-state index contributed by atoms with van der Waals surface area (Å²) in [7, 11) is 0. The molecule has 0 heteroatoms. The van der Waals surface area contributed by atoms with E-state index >= 15 is 0 Å². The van der Waals surface area contributed by atoms with Crippen LogP contribution in [-0.2, 0) is 16.2 Å². The summed E-state index contributed by atoms with van der Waals surface area (Å²) in [5.74, 6) is 0. The average Bonchev–Trinajstić information content (AvgIpc) is 2.61. The lowest BCUT2D eigenvalue weighted by Gasteiger charge is -2.43. The summed E-state index contributed by atoms with van der Waals surface area (Å²) < 4.78 is 0. The first-order valence-electron chi connectivity index (χ1n) is 10.3. The second-order valence-electron chi connectivity index (χ2n) is 9.52. The molecule has 3 rings (SSSR count). The van der Waals surface area contributed by atoms with Crippen molar-refractivity contribution in [3.8, 4) is 0 Å². The van der Waals surface area contributed by atoms with Crippen molar-refractivity contribution in [3.63, 3.8) is 0 Å². The summed E-state index contributed by atoms with van der Waals surface area (Å²) in [5.41, 5.74) is 7.82. The molecule has 0 radical (unpaired) electrons. The third-order valence-electron chi connectivity index (χ3n) is 6.35. The maximum atomic E-state index is 2.50. The summed E-state index contributed by atoms with van der Waals surface area (Å²) >= 11 is 0. The summed E-state index contributed by atoms with van der Waals surface area (Å²) in [6.07, 6.45) is 2.54. The van der Waals surface area contributed by atoms with Crippen molar-refractivity contribution in [1.82, 2.24) is 0 Å². The summed E-state index contributed by atoms with van der Waals surface area (Å²) in [4.78, 5) is 0. The van der Waals surface area contributed by atoms with Gasteiger partial charge in [0, 0.05) is 5.41 Å². The van der Waals surface area contributed by atoms with E-state index in [1.165, 1.54) is 29.5 Å². The van der Waals surface area contributed by atoms with Crippen molar-refractivity contribution in [2.45, 2.75) is 91.4 Å². The second kappa shape index (κ2) is 7.22. The molecule has 1 aliphatic carbocycles. The van der Waals surface area contributed by atoms with E-state index in [2.05, 4.69) is 90.9 Å². The van der Waals surface area contributed by atoms with Gasteiger partial charge in [-0.25, -0.2) is 0 Å². The van der Waals surface area contributed by atoms with Crippen LogP contribution in [0.1, 0.15) is 96.0 Å². The highest BCUT2D eigenvalue weighted by Crippen LogP contribution is 2.47. The molecule has 0 amide bonds. The number of fused-ring (bicyclic) bond motifs is 1. The number of hydrogen-bond acceptors (Lipinski definition) is 0. The summed E-state index contributed by atoms with van der Waals surface area (Å²) in [6, 6.07) is 16.3. The monoisotopic (exact) mass is 350 g/mol.